The molecule has 0 saturated heterocycles. The number of ether oxygens (including phenoxy) is 2. The first kappa shape index (κ1) is 44.9. The molecule has 1 heterocycles. The van der Waals surface area contributed by atoms with Gasteiger partial charge in [0.15, 0.2) is 5.78 Å². The molecule has 1 aromatic heterocycles. The summed E-state index contributed by atoms with van der Waals surface area (Å²) in [5.41, 5.74) is 9.38. The van der Waals surface area contributed by atoms with Crippen LogP contribution in [0.15, 0.2) is 155 Å². The number of hydrogen-bond acceptors (Lipinski definition) is 8. The lowest BCUT2D eigenvalue weighted by atomic mass is 10.0. The fourth-order valence-corrected chi connectivity index (χ4v) is 6.80. The second-order valence-corrected chi connectivity index (χ2v) is 15.6. The van der Waals surface area contributed by atoms with Crippen molar-refractivity contribution in [1.29, 1.82) is 0 Å². The fraction of sp³-hybridized carbons (Fsp3) is 0.184. The van der Waals surface area contributed by atoms with Crippen LogP contribution in [0.4, 0.5) is 4.79 Å². The third kappa shape index (κ3) is 12.2. The zero-order valence-corrected chi connectivity index (χ0v) is 36.3. The number of ketones is 1. The van der Waals surface area contributed by atoms with Gasteiger partial charge in [-0.1, -0.05) is 132 Å². The number of Topliss-reactive ketones (excluding diaryl/α,β-unsaturated/α-hetero) is 1. The number of rotatable bonds is 14. The second kappa shape index (κ2) is 21.2. The molecule has 13 heteroatoms. The minimum atomic E-state index is -0.545. The molecule has 7 aromatic rings. The molecule has 11 nitrogen and oxygen atoms in total. The van der Waals surface area contributed by atoms with Gasteiger partial charge in [-0.25, -0.2) is 15.4 Å². The Bertz CT molecular complexity index is 2630. The van der Waals surface area contributed by atoms with Gasteiger partial charge in [0, 0.05) is 17.7 Å². The number of amides is 2. The zero-order chi connectivity index (χ0) is 44.2. The Balaban J connectivity index is 0.000000207. The number of nitrogens with zero attached hydrogens (tertiary/aromatic N) is 3. The van der Waals surface area contributed by atoms with Gasteiger partial charge in [-0.3, -0.25) is 10.2 Å². The molecule has 0 aliphatic heterocycles. The van der Waals surface area contributed by atoms with Crippen LogP contribution in [0.5, 0.6) is 11.5 Å². The third-order valence-corrected chi connectivity index (χ3v) is 9.93. The van der Waals surface area contributed by atoms with Gasteiger partial charge in [-0.05, 0) is 97.5 Å². The normalized spacial score (nSPS) is 10.9. The number of halogens is 2. The molecule has 62 heavy (non-hydrogen) atoms. The molecule has 0 saturated carbocycles. The molecule has 0 unspecified atom stereocenters. The van der Waals surface area contributed by atoms with E-state index in [9.17, 15) is 14.4 Å². The monoisotopic (exact) mass is 871 g/mol. The molecule has 0 bridgehead atoms. The minimum absolute atomic E-state index is 0.0127. The van der Waals surface area contributed by atoms with Crippen molar-refractivity contribution in [1.82, 2.24) is 20.1 Å². The summed E-state index contributed by atoms with van der Waals surface area (Å²) in [4.78, 5) is 38.8. The second-order valence-electron chi connectivity index (χ2n) is 14.8. The summed E-state index contributed by atoms with van der Waals surface area (Å²) in [7, 11) is 0. The van der Waals surface area contributed by atoms with E-state index in [1.54, 1.807) is 36.4 Å². The summed E-state index contributed by atoms with van der Waals surface area (Å²) in [5.74, 6) is 5.87. The lowest BCUT2D eigenvalue weighted by Crippen LogP contribution is -2.45. The van der Waals surface area contributed by atoms with E-state index in [1.165, 1.54) is 9.58 Å². The van der Waals surface area contributed by atoms with Crippen molar-refractivity contribution in [3.63, 3.8) is 0 Å². The Hall–Kier alpha value is -6.66. The lowest BCUT2D eigenvalue weighted by molar-refractivity contribution is 0.0939. The van der Waals surface area contributed by atoms with E-state index in [1.807, 2.05) is 125 Å². The Morgan fingerprint density at radius 3 is 1.66 bits per heavy atom. The van der Waals surface area contributed by atoms with Crippen molar-refractivity contribution < 1.29 is 23.5 Å². The highest BCUT2D eigenvalue weighted by molar-refractivity contribution is 6.32. The Morgan fingerprint density at radius 1 is 0.677 bits per heavy atom. The van der Waals surface area contributed by atoms with Crippen LogP contribution in [-0.2, 0) is 13.1 Å². The summed E-state index contributed by atoms with van der Waals surface area (Å²) >= 11 is 12.5. The van der Waals surface area contributed by atoms with Crippen LogP contribution in [0.1, 0.15) is 49.2 Å². The summed E-state index contributed by atoms with van der Waals surface area (Å²) in [6.45, 7) is 8.04. The molecule has 0 radical (unpaired) electrons. The first-order valence-electron chi connectivity index (χ1n) is 19.9. The predicted octanol–water partition coefficient (Wildman–Crippen LogP) is 10.7. The van der Waals surface area contributed by atoms with Crippen LogP contribution in [0.3, 0.4) is 0 Å². The van der Waals surface area contributed by atoms with E-state index in [0.717, 1.165) is 33.4 Å². The van der Waals surface area contributed by atoms with Crippen LogP contribution >= 0.6 is 23.2 Å². The van der Waals surface area contributed by atoms with Crippen molar-refractivity contribution >= 4 is 35.0 Å². The molecule has 2 amide bonds. The standard InChI is InChI=1S/C25H26ClN3O3.C24H21ClN2O3/c1-17(2)32-24-13-12-21(14-22(24)26)23(30)16-29(25(31)28-27)15-18-8-10-20(11-9-18)19-6-4-3-5-7-19;1-16(2)29-22-13-12-20(14-21(22)25)23-26-27(24(28)30-23)15-17-8-10-19(11-9-17)18-6-4-3-5-7-18/h3-14,17H,15-16,27H2,1-2H3,(H,28,31);3-14,16H,15H2,1-2H3. The molecule has 0 fully saturated rings. The van der Waals surface area contributed by atoms with Crippen molar-refractivity contribution in [3.05, 3.63) is 183 Å². The number of benzene rings is 6. The summed E-state index contributed by atoms with van der Waals surface area (Å²) < 4.78 is 17.9. The number of urea groups is 1. The SMILES string of the molecule is CC(C)Oc1ccc(-c2nn(Cc3ccc(-c4ccccc4)cc3)c(=O)o2)cc1Cl.CC(C)Oc1ccc(C(=O)CN(Cc2ccc(-c3ccccc3)cc2)C(=O)NN)cc1Cl. The number of carbonyl (C=O) groups is 2. The molecule has 7 rings (SSSR count). The van der Waals surface area contributed by atoms with E-state index in [-0.39, 0.29) is 37.0 Å². The van der Waals surface area contributed by atoms with Gasteiger partial charge in [0.1, 0.15) is 11.5 Å². The van der Waals surface area contributed by atoms with Crippen LogP contribution in [0, 0.1) is 0 Å². The number of nitrogens with two attached hydrogens (primary N) is 1. The van der Waals surface area contributed by atoms with Gasteiger partial charge < -0.3 is 18.8 Å². The Labute approximate surface area is 370 Å². The molecular formula is C49H47Cl2N5O6. The maximum Gasteiger partial charge on any atom is 0.437 e. The Morgan fingerprint density at radius 2 is 1.16 bits per heavy atom. The van der Waals surface area contributed by atoms with Crippen LogP contribution in [0.25, 0.3) is 33.7 Å². The van der Waals surface area contributed by atoms with Gasteiger partial charge in [0.05, 0.1) is 35.3 Å². The highest BCUT2D eigenvalue weighted by Gasteiger charge is 2.20. The van der Waals surface area contributed by atoms with Crippen LogP contribution in [0.2, 0.25) is 10.0 Å². The molecule has 0 atom stereocenters. The third-order valence-electron chi connectivity index (χ3n) is 9.34. The number of aromatic nitrogens is 2. The molecule has 318 valence electrons. The molecule has 3 N–H and O–H groups in total. The summed E-state index contributed by atoms with van der Waals surface area (Å²) in [6, 6.07) is 45.5. The first-order valence-corrected chi connectivity index (χ1v) is 20.7. The number of nitrogens with one attached hydrogen (secondary N) is 1. The molecule has 0 aliphatic rings. The van der Waals surface area contributed by atoms with E-state index in [0.29, 0.717) is 39.2 Å². The van der Waals surface area contributed by atoms with Crippen LogP contribution in [-0.4, -0.2) is 45.2 Å². The highest BCUT2D eigenvalue weighted by atomic mass is 35.5. The van der Waals surface area contributed by atoms with Gasteiger partial charge in [0.25, 0.3) is 0 Å². The van der Waals surface area contributed by atoms with E-state index in [4.69, 9.17) is 42.9 Å². The zero-order valence-electron chi connectivity index (χ0n) is 34.8. The van der Waals surface area contributed by atoms with Gasteiger partial charge >= 0.3 is 11.8 Å². The predicted molar refractivity (Wildman–Crippen MR) is 245 cm³/mol. The molecular weight excluding hydrogens is 825 g/mol. The summed E-state index contributed by atoms with van der Waals surface area (Å²) in [5, 5.41) is 5.11. The van der Waals surface area contributed by atoms with Gasteiger partial charge in [-0.2, -0.15) is 4.68 Å². The maximum atomic E-state index is 12.8. The fourth-order valence-electron chi connectivity index (χ4n) is 6.35. The van der Waals surface area contributed by atoms with E-state index >= 15 is 0 Å². The topological polar surface area (TPSA) is 142 Å². The van der Waals surface area contributed by atoms with E-state index in [2.05, 4.69) is 22.7 Å². The average Bonchev–Trinajstić information content (AvgIpc) is 3.64. The van der Waals surface area contributed by atoms with Crippen molar-refractivity contribution in [3.8, 4) is 45.2 Å². The smallest absolute Gasteiger partial charge is 0.437 e. The highest BCUT2D eigenvalue weighted by Crippen LogP contribution is 2.31. The average molecular weight is 873 g/mol. The summed E-state index contributed by atoms with van der Waals surface area (Å²) in [6.07, 6.45) is -0.0233. The molecule has 0 spiro atoms. The van der Waals surface area contributed by atoms with Gasteiger partial charge in [-0.15, -0.1) is 5.10 Å². The molecule has 6 aromatic carbocycles. The molecule has 0 aliphatic carbocycles. The number of carbonyl (C=O) groups excluding carboxylic acids is 2. The van der Waals surface area contributed by atoms with Crippen molar-refractivity contribution in [2.24, 2.45) is 5.84 Å². The minimum Gasteiger partial charge on any atom is -0.489 e. The largest absolute Gasteiger partial charge is 0.489 e. The van der Waals surface area contributed by atoms with Crippen LogP contribution < -0.4 is 26.5 Å². The maximum absolute atomic E-state index is 12.8. The van der Waals surface area contributed by atoms with Gasteiger partial charge in [0.2, 0.25) is 5.89 Å². The Kier molecular flexibility index (Phi) is 15.4. The number of hydrogen-bond donors (Lipinski definition) is 2. The first-order chi connectivity index (χ1) is 29.9. The van der Waals surface area contributed by atoms with E-state index < -0.39 is 11.8 Å². The quantitative estimate of drug-likeness (QED) is 0.0476. The van der Waals surface area contributed by atoms with Crippen molar-refractivity contribution in [2.45, 2.75) is 53.0 Å². The number of hydrazine groups is 1. The van der Waals surface area contributed by atoms with Crippen molar-refractivity contribution in [2.75, 3.05) is 6.54 Å². The lowest BCUT2D eigenvalue weighted by Gasteiger charge is -2.22.